The number of nitrogens with zero attached hydrogens (tertiary/aromatic N) is 1. The van der Waals surface area contributed by atoms with Crippen molar-refractivity contribution in [3.05, 3.63) is 57.6 Å². The zero-order valence-corrected chi connectivity index (χ0v) is 15.9. The third-order valence-corrected chi connectivity index (χ3v) is 4.50. The molecule has 2 aromatic rings. The lowest BCUT2D eigenvalue weighted by Gasteiger charge is -2.22. The molecule has 0 aliphatic heterocycles. The molecular formula is C19H20Cl2N2O2. The van der Waals surface area contributed by atoms with Gasteiger partial charge in [0.1, 0.15) is 0 Å². The van der Waals surface area contributed by atoms with Gasteiger partial charge < -0.3 is 10.2 Å². The second-order valence-corrected chi connectivity index (χ2v) is 6.71. The van der Waals surface area contributed by atoms with Gasteiger partial charge in [0, 0.05) is 30.6 Å². The summed E-state index contributed by atoms with van der Waals surface area (Å²) in [4.78, 5) is 25.7. The maximum atomic E-state index is 12.2. The summed E-state index contributed by atoms with van der Waals surface area (Å²) in [5, 5.41) is 3.61. The molecule has 0 aliphatic carbocycles. The lowest BCUT2D eigenvalue weighted by Crippen LogP contribution is -2.32. The quantitative estimate of drug-likeness (QED) is 0.796. The van der Waals surface area contributed by atoms with Gasteiger partial charge in [0.2, 0.25) is 11.8 Å². The Kier molecular flexibility index (Phi) is 6.45. The molecule has 0 fully saturated rings. The SMILES string of the molecule is CC(=O)N(CCC(=O)Nc1ccc(Cl)cc1Cl)c1ccc(C)c(C)c1. The fourth-order valence-electron chi connectivity index (χ4n) is 2.38. The van der Waals surface area contributed by atoms with E-state index in [0.717, 1.165) is 16.8 Å². The minimum Gasteiger partial charge on any atom is -0.325 e. The van der Waals surface area contributed by atoms with Crippen LogP contribution in [0, 0.1) is 13.8 Å². The summed E-state index contributed by atoms with van der Waals surface area (Å²) >= 11 is 11.9. The Bertz CT molecular complexity index is 806. The molecule has 25 heavy (non-hydrogen) atoms. The van der Waals surface area contributed by atoms with Crippen molar-refractivity contribution in [3.8, 4) is 0 Å². The second-order valence-electron chi connectivity index (χ2n) is 5.86. The minimum atomic E-state index is -0.223. The van der Waals surface area contributed by atoms with Crippen LogP contribution in [0.15, 0.2) is 36.4 Å². The Labute approximate surface area is 157 Å². The number of carbonyl (C=O) groups is 2. The maximum absolute atomic E-state index is 12.2. The number of amides is 2. The highest BCUT2D eigenvalue weighted by Gasteiger charge is 2.15. The van der Waals surface area contributed by atoms with E-state index in [4.69, 9.17) is 23.2 Å². The third-order valence-electron chi connectivity index (χ3n) is 3.95. The van der Waals surface area contributed by atoms with Crippen molar-refractivity contribution in [2.75, 3.05) is 16.8 Å². The van der Waals surface area contributed by atoms with Gasteiger partial charge in [-0.3, -0.25) is 9.59 Å². The zero-order valence-electron chi connectivity index (χ0n) is 14.4. The number of carbonyl (C=O) groups excluding carboxylic acids is 2. The van der Waals surface area contributed by atoms with Gasteiger partial charge in [-0.25, -0.2) is 0 Å². The molecule has 1 N–H and O–H groups in total. The summed E-state index contributed by atoms with van der Waals surface area (Å²) in [5.74, 6) is -0.333. The van der Waals surface area contributed by atoms with Crippen LogP contribution in [0.1, 0.15) is 24.5 Å². The maximum Gasteiger partial charge on any atom is 0.226 e. The van der Waals surface area contributed by atoms with Crippen LogP contribution in [0.5, 0.6) is 0 Å². The first-order valence-electron chi connectivity index (χ1n) is 7.88. The number of aryl methyl sites for hydroxylation is 2. The molecule has 0 heterocycles. The summed E-state index contributed by atoms with van der Waals surface area (Å²) in [6, 6.07) is 10.7. The minimum absolute atomic E-state index is 0.111. The van der Waals surface area contributed by atoms with Crippen LogP contribution in [0.25, 0.3) is 0 Å². The molecule has 132 valence electrons. The van der Waals surface area contributed by atoms with E-state index in [1.165, 1.54) is 6.92 Å². The van der Waals surface area contributed by atoms with Crippen molar-refractivity contribution in [1.29, 1.82) is 0 Å². The molecule has 0 atom stereocenters. The smallest absolute Gasteiger partial charge is 0.226 e. The van der Waals surface area contributed by atoms with E-state index in [2.05, 4.69) is 5.32 Å². The average molecular weight is 379 g/mol. The first-order valence-corrected chi connectivity index (χ1v) is 8.64. The molecule has 2 rings (SSSR count). The highest BCUT2D eigenvalue weighted by molar-refractivity contribution is 6.36. The molecule has 6 heteroatoms. The Morgan fingerprint density at radius 2 is 1.76 bits per heavy atom. The highest BCUT2D eigenvalue weighted by Crippen LogP contribution is 2.25. The van der Waals surface area contributed by atoms with Gasteiger partial charge in [0.05, 0.1) is 10.7 Å². The van der Waals surface area contributed by atoms with E-state index in [1.807, 2.05) is 32.0 Å². The van der Waals surface area contributed by atoms with Gasteiger partial charge in [-0.1, -0.05) is 29.3 Å². The van der Waals surface area contributed by atoms with E-state index in [9.17, 15) is 9.59 Å². The van der Waals surface area contributed by atoms with E-state index in [1.54, 1.807) is 23.1 Å². The van der Waals surface area contributed by atoms with Gasteiger partial charge in [-0.15, -0.1) is 0 Å². The Balaban J connectivity index is 2.04. The molecule has 2 amide bonds. The molecule has 0 saturated heterocycles. The summed E-state index contributed by atoms with van der Waals surface area (Å²) in [6.07, 6.45) is 0.158. The van der Waals surface area contributed by atoms with E-state index in [0.29, 0.717) is 15.7 Å². The number of benzene rings is 2. The van der Waals surface area contributed by atoms with Gasteiger partial charge in [0.15, 0.2) is 0 Å². The van der Waals surface area contributed by atoms with Crippen molar-refractivity contribution in [1.82, 2.24) is 0 Å². The summed E-state index contributed by atoms with van der Waals surface area (Å²) < 4.78 is 0. The molecule has 0 bridgehead atoms. The lowest BCUT2D eigenvalue weighted by atomic mass is 10.1. The lowest BCUT2D eigenvalue weighted by molar-refractivity contribution is -0.117. The highest BCUT2D eigenvalue weighted by atomic mass is 35.5. The molecule has 0 aromatic heterocycles. The largest absolute Gasteiger partial charge is 0.325 e. The average Bonchev–Trinajstić information content (AvgIpc) is 2.53. The van der Waals surface area contributed by atoms with Crippen LogP contribution in [0.4, 0.5) is 11.4 Å². The van der Waals surface area contributed by atoms with Crippen LogP contribution < -0.4 is 10.2 Å². The summed E-state index contributed by atoms with van der Waals surface area (Å²) in [6.45, 7) is 5.78. The topological polar surface area (TPSA) is 49.4 Å². The number of hydrogen-bond donors (Lipinski definition) is 1. The van der Waals surface area contributed by atoms with Crippen molar-refractivity contribution in [3.63, 3.8) is 0 Å². The zero-order chi connectivity index (χ0) is 18.6. The van der Waals surface area contributed by atoms with Crippen LogP contribution in [-0.4, -0.2) is 18.4 Å². The van der Waals surface area contributed by atoms with Crippen molar-refractivity contribution in [2.45, 2.75) is 27.2 Å². The van der Waals surface area contributed by atoms with Crippen LogP contribution in [0.3, 0.4) is 0 Å². The van der Waals surface area contributed by atoms with Gasteiger partial charge >= 0.3 is 0 Å². The van der Waals surface area contributed by atoms with Crippen LogP contribution in [0.2, 0.25) is 10.0 Å². The van der Waals surface area contributed by atoms with Gasteiger partial charge in [0.25, 0.3) is 0 Å². The normalized spacial score (nSPS) is 10.4. The second kappa shape index (κ2) is 8.37. The fourth-order valence-corrected chi connectivity index (χ4v) is 2.83. The third kappa shape index (κ3) is 5.21. The standard InChI is InChI=1S/C19H20Cl2N2O2/c1-12-4-6-16(10-13(12)2)23(14(3)24)9-8-19(25)22-18-7-5-15(20)11-17(18)21/h4-7,10-11H,8-9H2,1-3H3,(H,22,25). The predicted octanol–water partition coefficient (Wildman–Crippen LogP) is 4.99. The van der Waals surface area contributed by atoms with E-state index in [-0.39, 0.29) is 24.8 Å². The number of anilines is 2. The summed E-state index contributed by atoms with van der Waals surface area (Å²) in [5.41, 5.74) is 3.54. The van der Waals surface area contributed by atoms with Crippen molar-refractivity contribution in [2.24, 2.45) is 0 Å². The number of rotatable bonds is 5. The van der Waals surface area contributed by atoms with Gasteiger partial charge in [-0.2, -0.15) is 0 Å². The Morgan fingerprint density at radius 1 is 1.04 bits per heavy atom. The molecule has 0 unspecified atom stereocenters. The van der Waals surface area contributed by atoms with Gasteiger partial charge in [-0.05, 0) is 55.3 Å². The Morgan fingerprint density at radius 3 is 2.36 bits per heavy atom. The fraction of sp³-hybridized carbons (Fsp3) is 0.263. The molecule has 0 radical (unpaired) electrons. The predicted molar refractivity (Wildman–Crippen MR) is 104 cm³/mol. The molecule has 0 saturated carbocycles. The Hall–Kier alpha value is -2.04. The van der Waals surface area contributed by atoms with Crippen molar-refractivity contribution < 1.29 is 9.59 Å². The number of hydrogen-bond acceptors (Lipinski definition) is 2. The van der Waals surface area contributed by atoms with Crippen LogP contribution in [-0.2, 0) is 9.59 Å². The first kappa shape index (κ1) is 19.3. The summed E-state index contributed by atoms with van der Waals surface area (Å²) in [7, 11) is 0. The van der Waals surface area contributed by atoms with Crippen molar-refractivity contribution >= 4 is 46.4 Å². The molecule has 2 aromatic carbocycles. The van der Waals surface area contributed by atoms with E-state index >= 15 is 0 Å². The van der Waals surface area contributed by atoms with Crippen LogP contribution >= 0.6 is 23.2 Å². The number of nitrogens with one attached hydrogen (secondary N) is 1. The molecule has 4 nitrogen and oxygen atoms in total. The number of halogens is 2. The first-order chi connectivity index (χ1) is 11.8. The molecule has 0 aliphatic rings. The van der Waals surface area contributed by atoms with E-state index < -0.39 is 0 Å². The monoisotopic (exact) mass is 378 g/mol. The molecular weight excluding hydrogens is 359 g/mol. The molecule has 0 spiro atoms.